The lowest BCUT2D eigenvalue weighted by molar-refractivity contribution is -0.0203. The number of aromatic nitrogens is 2. The standard InChI is InChI=1S/C14H26N4O/c1-4-6-17-7-5-16-13(17)12(15)14(2,3)18-8-10-19-11-9-18/h5,7,12H,4,6,8-11,15H2,1-3H3. The van der Waals surface area contributed by atoms with Crippen LogP contribution >= 0.6 is 0 Å². The van der Waals surface area contributed by atoms with Crippen LogP contribution in [0.15, 0.2) is 12.4 Å². The second-order valence-corrected chi connectivity index (χ2v) is 5.71. The van der Waals surface area contributed by atoms with Crippen molar-refractivity contribution in [2.75, 3.05) is 26.3 Å². The lowest BCUT2D eigenvalue weighted by Gasteiger charge is -2.44. The van der Waals surface area contributed by atoms with E-state index in [1.807, 2.05) is 12.4 Å². The molecule has 5 nitrogen and oxygen atoms in total. The summed E-state index contributed by atoms with van der Waals surface area (Å²) in [6, 6.07) is -0.0906. The number of imidazole rings is 1. The van der Waals surface area contributed by atoms with E-state index >= 15 is 0 Å². The van der Waals surface area contributed by atoms with Crippen molar-refractivity contribution < 1.29 is 4.74 Å². The zero-order valence-electron chi connectivity index (χ0n) is 12.3. The van der Waals surface area contributed by atoms with Crippen LogP contribution in [0, 0.1) is 0 Å². The second kappa shape index (κ2) is 6.03. The predicted molar refractivity (Wildman–Crippen MR) is 75.9 cm³/mol. The van der Waals surface area contributed by atoms with Gasteiger partial charge in [-0.15, -0.1) is 0 Å². The van der Waals surface area contributed by atoms with Crippen molar-refractivity contribution in [1.82, 2.24) is 14.5 Å². The Balaban J connectivity index is 2.16. The van der Waals surface area contributed by atoms with Gasteiger partial charge in [0.2, 0.25) is 0 Å². The van der Waals surface area contributed by atoms with Gasteiger partial charge in [-0.05, 0) is 20.3 Å². The minimum Gasteiger partial charge on any atom is -0.379 e. The van der Waals surface area contributed by atoms with E-state index in [1.54, 1.807) is 0 Å². The molecule has 1 aliphatic rings. The lowest BCUT2D eigenvalue weighted by Crippen LogP contribution is -2.55. The van der Waals surface area contributed by atoms with Crippen molar-refractivity contribution in [2.24, 2.45) is 5.73 Å². The molecule has 0 saturated carbocycles. The van der Waals surface area contributed by atoms with Crippen LogP contribution in [-0.4, -0.2) is 46.3 Å². The number of nitrogens with two attached hydrogens (primary N) is 1. The molecule has 0 amide bonds. The molecule has 0 aromatic carbocycles. The minimum absolute atomic E-state index is 0.0906. The van der Waals surface area contributed by atoms with Crippen LogP contribution in [0.25, 0.3) is 0 Å². The van der Waals surface area contributed by atoms with Crippen LogP contribution in [0.2, 0.25) is 0 Å². The van der Waals surface area contributed by atoms with Gasteiger partial charge in [0.1, 0.15) is 5.82 Å². The molecule has 1 fully saturated rings. The Kier molecular flexibility index (Phi) is 4.60. The van der Waals surface area contributed by atoms with Gasteiger partial charge in [0.15, 0.2) is 0 Å². The molecule has 2 rings (SSSR count). The molecular weight excluding hydrogens is 240 g/mol. The first kappa shape index (κ1) is 14.5. The number of ether oxygens (including phenoxy) is 1. The third kappa shape index (κ3) is 2.99. The highest BCUT2D eigenvalue weighted by atomic mass is 16.5. The maximum absolute atomic E-state index is 6.51. The number of hydrogen-bond acceptors (Lipinski definition) is 4. The summed E-state index contributed by atoms with van der Waals surface area (Å²) >= 11 is 0. The highest BCUT2D eigenvalue weighted by molar-refractivity contribution is 5.07. The van der Waals surface area contributed by atoms with E-state index < -0.39 is 0 Å². The first-order chi connectivity index (χ1) is 9.07. The summed E-state index contributed by atoms with van der Waals surface area (Å²) in [6.45, 7) is 11.0. The fourth-order valence-electron chi connectivity index (χ4n) is 2.68. The van der Waals surface area contributed by atoms with Gasteiger partial charge in [-0.25, -0.2) is 4.98 Å². The summed E-state index contributed by atoms with van der Waals surface area (Å²) in [4.78, 5) is 6.88. The molecule has 1 aromatic rings. The average Bonchev–Trinajstić information content (AvgIpc) is 2.87. The molecule has 2 heterocycles. The summed E-state index contributed by atoms with van der Waals surface area (Å²) in [5.74, 6) is 0.985. The second-order valence-electron chi connectivity index (χ2n) is 5.71. The van der Waals surface area contributed by atoms with Crippen molar-refractivity contribution in [3.8, 4) is 0 Å². The Labute approximate surface area is 115 Å². The highest BCUT2D eigenvalue weighted by Gasteiger charge is 2.36. The van der Waals surface area contributed by atoms with Gasteiger partial charge in [-0.1, -0.05) is 6.92 Å². The van der Waals surface area contributed by atoms with E-state index in [-0.39, 0.29) is 11.6 Å². The number of morpholine rings is 1. The molecule has 108 valence electrons. The molecule has 1 atom stereocenters. The smallest absolute Gasteiger partial charge is 0.127 e. The molecule has 2 N–H and O–H groups in total. The first-order valence-electron chi connectivity index (χ1n) is 7.16. The molecule has 1 aromatic heterocycles. The van der Waals surface area contributed by atoms with E-state index in [0.717, 1.165) is 45.1 Å². The van der Waals surface area contributed by atoms with Gasteiger partial charge in [0.25, 0.3) is 0 Å². The predicted octanol–water partition coefficient (Wildman–Crippen LogP) is 1.40. The van der Waals surface area contributed by atoms with Crippen LogP contribution in [-0.2, 0) is 11.3 Å². The number of aryl methyl sites for hydroxylation is 1. The van der Waals surface area contributed by atoms with E-state index in [1.165, 1.54) is 0 Å². The average molecular weight is 266 g/mol. The molecule has 1 unspecified atom stereocenters. The molecule has 1 saturated heterocycles. The van der Waals surface area contributed by atoms with Crippen molar-refractivity contribution in [3.05, 3.63) is 18.2 Å². The zero-order chi connectivity index (χ0) is 13.9. The summed E-state index contributed by atoms with van der Waals surface area (Å²) in [6.07, 6.45) is 4.96. The number of nitrogens with zero attached hydrogens (tertiary/aromatic N) is 3. The quantitative estimate of drug-likeness (QED) is 0.875. The molecule has 0 radical (unpaired) electrons. The fourth-order valence-corrected chi connectivity index (χ4v) is 2.68. The van der Waals surface area contributed by atoms with Gasteiger partial charge in [-0.2, -0.15) is 0 Å². The lowest BCUT2D eigenvalue weighted by atomic mass is 9.91. The van der Waals surface area contributed by atoms with E-state index in [4.69, 9.17) is 10.5 Å². The molecular formula is C14H26N4O. The number of rotatable bonds is 5. The van der Waals surface area contributed by atoms with E-state index in [0.29, 0.717) is 0 Å². The molecule has 1 aliphatic heterocycles. The first-order valence-corrected chi connectivity index (χ1v) is 7.16. The van der Waals surface area contributed by atoms with Crippen LogP contribution in [0.5, 0.6) is 0 Å². The SMILES string of the molecule is CCCn1ccnc1C(N)C(C)(C)N1CCOCC1. The monoisotopic (exact) mass is 266 g/mol. The van der Waals surface area contributed by atoms with Crippen molar-refractivity contribution in [3.63, 3.8) is 0 Å². The summed E-state index contributed by atoms with van der Waals surface area (Å²) in [5.41, 5.74) is 6.40. The van der Waals surface area contributed by atoms with Crippen LogP contribution in [0.3, 0.4) is 0 Å². The summed E-state index contributed by atoms with van der Waals surface area (Å²) < 4.78 is 7.60. The third-order valence-corrected chi connectivity index (χ3v) is 4.08. The molecule has 0 spiro atoms. The maximum Gasteiger partial charge on any atom is 0.127 e. The Hall–Kier alpha value is -0.910. The van der Waals surface area contributed by atoms with Crippen molar-refractivity contribution >= 4 is 0 Å². The fraction of sp³-hybridized carbons (Fsp3) is 0.786. The van der Waals surface area contributed by atoms with Crippen molar-refractivity contribution in [1.29, 1.82) is 0 Å². The topological polar surface area (TPSA) is 56.3 Å². The van der Waals surface area contributed by atoms with Crippen LogP contribution in [0.1, 0.15) is 39.1 Å². The van der Waals surface area contributed by atoms with Crippen LogP contribution < -0.4 is 5.73 Å². The minimum atomic E-state index is -0.110. The Bertz CT molecular complexity index is 396. The zero-order valence-corrected chi connectivity index (χ0v) is 12.3. The third-order valence-electron chi connectivity index (χ3n) is 4.08. The van der Waals surface area contributed by atoms with Gasteiger partial charge >= 0.3 is 0 Å². The van der Waals surface area contributed by atoms with Gasteiger partial charge in [0, 0.05) is 37.6 Å². The molecule has 0 bridgehead atoms. The van der Waals surface area contributed by atoms with E-state index in [9.17, 15) is 0 Å². The van der Waals surface area contributed by atoms with E-state index in [2.05, 4.69) is 35.2 Å². The van der Waals surface area contributed by atoms with Gasteiger partial charge < -0.3 is 15.0 Å². The Morgan fingerprint density at radius 2 is 2.11 bits per heavy atom. The summed E-state index contributed by atoms with van der Waals surface area (Å²) in [7, 11) is 0. The largest absolute Gasteiger partial charge is 0.379 e. The maximum atomic E-state index is 6.51. The highest BCUT2D eigenvalue weighted by Crippen LogP contribution is 2.29. The normalized spacial score (nSPS) is 19.6. The Morgan fingerprint density at radius 1 is 1.42 bits per heavy atom. The van der Waals surface area contributed by atoms with Crippen molar-refractivity contribution in [2.45, 2.75) is 45.3 Å². The molecule has 0 aliphatic carbocycles. The van der Waals surface area contributed by atoms with Gasteiger partial charge in [-0.3, -0.25) is 4.90 Å². The molecule has 5 heteroatoms. The Morgan fingerprint density at radius 3 is 2.74 bits per heavy atom. The van der Waals surface area contributed by atoms with Gasteiger partial charge in [0.05, 0.1) is 19.3 Å². The van der Waals surface area contributed by atoms with Crippen LogP contribution in [0.4, 0.5) is 0 Å². The summed E-state index contributed by atoms with van der Waals surface area (Å²) in [5, 5.41) is 0. The number of hydrogen-bond donors (Lipinski definition) is 1. The molecule has 19 heavy (non-hydrogen) atoms.